The van der Waals surface area contributed by atoms with Crippen LogP contribution in [0, 0.1) is 5.41 Å². The number of halogens is 1. The quantitative estimate of drug-likeness (QED) is 0.808. The van der Waals surface area contributed by atoms with E-state index >= 15 is 0 Å². The predicted molar refractivity (Wildman–Crippen MR) is 83.4 cm³/mol. The molecule has 2 rings (SSSR count). The second-order valence-corrected chi connectivity index (χ2v) is 6.26. The number of hydrogen-bond acceptors (Lipinski definition) is 6. The van der Waals surface area contributed by atoms with E-state index in [4.69, 9.17) is 16.1 Å². The van der Waals surface area contributed by atoms with Crippen molar-refractivity contribution in [2.75, 3.05) is 26.8 Å². The lowest BCUT2D eigenvalue weighted by molar-refractivity contribution is 0.0394. The summed E-state index contributed by atoms with van der Waals surface area (Å²) in [6.07, 6.45) is 0. The predicted octanol–water partition coefficient (Wildman–Crippen LogP) is 1.81. The summed E-state index contributed by atoms with van der Waals surface area (Å²) in [4.78, 5) is 6.27. The average molecular weight is 326 g/mol. The van der Waals surface area contributed by atoms with Gasteiger partial charge < -0.3 is 14.7 Å². The van der Waals surface area contributed by atoms with Crippen molar-refractivity contribution in [1.29, 1.82) is 0 Å². The summed E-state index contributed by atoms with van der Waals surface area (Å²) in [7, 11) is 1.87. The van der Waals surface area contributed by atoms with Crippen LogP contribution in [-0.2, 0) is 6.54 Å². The molecule has 0 aliphatic rings. The largest absolute Gasteiger partial charge is 0.396 e. The van der Waals surface area contributed by atoms with Gasteiger partial charge in [-0.25, -0.2) is 0 Å². The molecule has 1 aromatic carbocycles. The number of rotatable bonds is 7. The molecule has 0 fully saturated rings. The molecular weight excluding hydrogens is 306 g/mol. The number of aliphatic hydroxyl groups is 2. The van der Waals surface area contributed by atoms with Gasteiger partial charge in [-0.1, -0.05) is 29.7 Å². The van der Waals surface area contributed by atoms with Crippen LogP contribution in [0.3, 0.4) is 0 Å². The van der Waals surface area contributed by atoms with E-state index in [0.717, 1.165) is 5.56 Å². The van der Waals surface area contributed by atoms with Crippen LogP contribution in [0.25, 0.3) is 11.5 Å². The summed E-state index contributed by atoms with van der Waals surface area (Å²) in [5, 5.41) is 23.2. The molecule has 7 heteroatoms. The maximum Gasteiger partial charge on any atom is 0.258 e. The van der Waals surface area contributed by atoms with Gasteiger partial charge in [0.1, 0.15) is 0 Å². The second kappa shape index (κ2) is 7.19. The Morgan fingerprint density at radius 2 is 2.05 bits per heavy atom. The highest BCUT2D eigenvalue weighted by Crippen LogP contribution is 2.21. The minimum Gasteiger partial charge on any atom is -0.396 e. The van der Waals surface area contributed by atoms with Crippen LogP contribution < -0.4 is 0 Å². The van der Waals surface area contributed by atoms with E-state index in [1.165, 1.54) is 0 Å². The van der Waals surface area contributed by atoms with E-state index in [2.05, 4.69) is 10.1 Å². The molecule has 0 saturated heterocycles. The van der Waals surface area contributed by atoms with Gasteiger partial charge in [-0.2, -0.15) is 4.98 Å². The van der Waals surface area contributed by atoms with Gasteiger partial charge in [-0.05, 0) is 25.2 Å². The Balaban J connectivity index is 2.03. The van der Waals surface area contributed by atoms with Crippen LogP contribution in [0.1, 0.15) is 12.7 Å². The van der Waals surface area contributed by atoms with E-state index in [9.17, 15) is 10.2 Å². The molecule has 0 amide bonds. The molecule has 0 unspecified atom stereocenters. The van der Waals surface area contributed by atoms with E-state index < -0.39 is 5.41 Å². The summed E-state index contributed by atoms with van der Waals surface area (Å²) in [5.74, 6) is 0.952. The first-order valence-electron chi connectivity index (χ1n) is 6.94. The maximum atomic E-state index is 9.33. The summed E-state index contributed by atoms with van der Waals surface area (Å²) in [5.41, 5.74) is 0.207. The molecule has 2 N–H and O–H groups in total. The maximum absolute atomic E-state index is 9.33. The van der Waals surface area contributed by atoms with Gasteiger partial charge in [0, 0.05) is 22.5 Å². The molecule has 1 aromatic heterocycles. The second-order valence-electron chi connectivity index (χ2n) is 5.83. The molecule has 0 spiro atoms. The van der Waals surface area contributed by atoms with Crippen LogP contribution in [0.2, 0.25) is 5.02 Å². The van der Waals surface area contributed by atoms with Gasteiger partial charge in [-0.3, -0.25) is 4.90 Å². The normalized spacial score (nSPS) is 12.1. The van der Waals surface area contributed by atoms with E-state index in [-0.39, 0.29) is 13.2 Å². The highest BCUT2D eigenvalue weighted by atomic mass is 35.5. The zero-order valence-electron chi connectivity index (χ0n) is 12.7. The van der Waals surface area contributed by atoms with Crippen LogP contribution in [-0.4, -0.2) is 52.1 Å². The number of benzene rings is 1. The Hall–Kier alpha value is -1.47. The van der Waals surface area contributed by atoms with Gasteiger partial charge >= 0.3 is 0 Å². The fourth-order valence-corrected chi connectivity index (χ4v) is 2.35. The Labute approximate surface area is 134 Å². The van der Waals surface area contributed by atoms with Crippen molar-refractivity contribution in [2.45, 2.75) is 13.5 Å². The Kier molecular flexibility index (Phi) is 5.52. The van der Waals surface area contributed by atoms with Crippen LogP contribution in [0.4, 0.5) is 0 Å². The summed E-state index contributed by atoms with van der Waals surface area (Å²) in [6.45, 7) is 2.61. The SMILES string of the molecule is CN(Cc1noc(-c2cccc(Cl)c2)n1)CC(C)(CO)CO. The number of nitrogens with zero attached hydrogens (tertiary/aromatic N) is 3. The van der Waals surface area contributed by atoms with E-state index in [1.807, 2.05) is 31.0 Å². The Morgan fingerprint density at radius 3 is 2.68 bits per heavy atom. The Morgan fingerprint density at radius 1 is 1.32 bits per heavy atom. The van der Waals surface area contributed by atoms with Gasteiger partial charge in [0.05, 0.1) is 19.8 Å². The molecule has 0 atom stereocenters. The minimum absolute atomic E-state index is 0.0894. The molecule has 2 aromatic rings. The van der Waals surface area contributed by atoms with Crippen molar-refractivity contribution in [3.05, 3.63) is 35.1 Å². The number of aliphatic hydroxyl groups excluding tert-OH is 2. The lowest BCUT2D eigenvalue weighted by Gasteiger charge is -2.29. The molecule has 1 heterocycles. The molecule has 22 heavy (non-hydrogen) atoms. The summed E-state index contributed by atoms with van der Waals surface area (Å²) >= 11 is 5.95. The van der Waals surface area contributed by atoms with Crippen molar-refractivity contribution in [2.24, 2.45) is 5.41 Å². The van der Waals surface area contributed by atoms with E-state index in [1.54, 1.807) is 12.1 Å². The molecule has 0 bridgehead atoms. The smallest absolute Gasteiger partial charge is 0.258 e. The first kappa shape index (κ1) is 16.9. The highest BCUT2D eigenvalue weighted by Gasteiger charge is 2.25. The van der Waals surface area contributed by atoms with Crippen molar-refractivity contribution in [3.8, 4) is 11.5 Å². The molecule has 0 radical (unpaired) electrons. The third kappa shape index (κ3) is 4.27. The lowest BCUT2D eigenvalue weighted by Crippen LogP contribution is -2.38. The molecular formula is C15H20ClN3O3. The molecule has 0 aliphatic heterocycles. The standard InChI is InChI=1S/C15H20ClN3O3/c1-15(9-20,10-21)8-19(2)7-13-17-14(22-18-13)11-4-3-5-12(16)6-11/h3-6,20-21H,7-10H2,1-2H3. The third-order valence-corrected chi connectivity index (χ3v) is 3.60. The fraction of sp³-hybridized carbons (Fsp3) is 0.467. The monoisotopic (exact) mass is 325 g/mol. The topological polar surface area (TPSA) is 82.6 Å². The first-order valence-corrected chi connectivity index (χ1v) is 7.32. The summed E-state index contributed by atoms with van der Waals surface area (Å²) in [6, 6.07) is 7.21. The van der Waals surface area contributed by atoms with Crippen LogP contribution in [0.5, 0.6) is 0 Å². The van der Waals surface area contributed by atoms with Crippen molar-refractivity contribution in [1.82, 2.24) is 15.0 Å². The van der Waals surface area contributed by atoms with Crippen molar-refractivity contribution >= 4 is 11.6 Å². The summed E-state index contributed by atoms with van der Waals surface area (Å²) < 4.78 is 5.24. The minimum atomic E-state index is -0.561. The van der Waals surface area contributed by atoms with Gasteiger partial charge in [0.2, 0.25) is 0 Å². The molecule has 0 saturated carbocycles. The van der Waals surface area contributed by atoms with Crippen LogP contribution >= 0.6 is 11.6 Å². The Bertz CT molecular complexity index is 614. The van der Waals surface area contributed by atoms with E-state index in [0.29, 0.717) is 29.8 Å². The van der Waals surface area contributed by atoms with Gasteiger partial charge in [-0.15, -0.1) is 0 Å². The van der Waals surface area contributed by atoms with Crippen molar-refractivity contribution < 1.29 is 14.7 Å². The lowest BCUT2D eigenvalue weighted by atomic mass is 9.92. The zero-order valence-corrected chi connectivity index (χ0v) is 13.4. The number of hydrogen-bond donors (Lipinski definition) is 2. The average Bonchev–Trinajstić information content (AvgIpc) is 2.95. The molecule has 0 aliphatic carbocycles. The van der Waals surface area contributed by atoms with Gasteiger partial charge in [0.25, 0.3) is 5.89 Å². The van der Waals surface area contributed by atoms with Crippen molar-refractivity contribution in [3.63, 3.8) is 0 Å². The van der Waals surface area contributed by atoms with Crippen LogP contribution in [0.15, 0.2) is 28.8 Å². The zero-order chi connectivity index (χ0) is 16.2. The third-order valence-electron chi connectivity index (χ3n) is 3.37. The first-order chi connectivity index (χ1) is 10.5. The molecule has 6 nitrogen and oxygen atoms in total. The fourth-order valence-electron chi connectivity index (χ4n) is 2.16. The highest BCUT2D eigenvalue weighted by molar-refractivity contribution is 6.30. The number of aromatic nitrogens is 2. The van der Waals surface area contributed by atoms with Gasteiger partial charge in [0.15, 0.2) is 5.82 Å². The molecule has 120 valence electrons.